The third-order valence-electron chi connectivity index (χ3n) is 4.30. The van der Waals surface area contributed by atoms with Crippen molar-refractivity contribution in [3.63, 3.8) is 0 Å². The van der Waals surface area contributed by atoms with Crippen LogP contribution in [0.1, 0.15) is 25.7 Å². The van der Waals surface area contributed by atoms with Gasteiger partial charge in [-0.15, -0.1) is 0 Å². The first-order valence-corrected chi connectivity index (χ1v) is 7.24. The highest BCUT2D eigenvalue weighted by Gasteiger charge is 2.19. The molecular formula is C15H21N3O2. The second-order valence-corrected chi connectivity index (χ2v) is 5.67. The van der Waals surface area contributed by atoms with Crippen LogP contribution in [0.15, 0.2) is 27.4 Å². The maximum absolute atomic E-state index is 11.9. The first-order valence-electron chi connectivity index (χ1n) is 7.24. The molecule has 2 N–H and O–H groups in total. The number of anilines is 1. The number of fused-ring (bicyclic) bond motifs is 1. The fourth-order valence-electron chi connectivity index (χ4n) is 3.08. The zero-order chi connectivity index (χ0) is 14.1. The van der Waals surface area contributed by atoms with Gasteiger partial charge in [-0.3, -0.25) is 4.57 Å². The van der Waals surface area contributed by atoms with Crippen LogP contribution in [0.3, 0.4) is 0 Å². The Balaban J connectivity index is 1.80. The largest absolute Gasteiger partial charge is 0.419 e. The van der Waals surface area contributed by atoms with Crippen molar-refractivity contribution in [2.24, 2.45) is 0 Å². The van der Waals surface area contributed by atoms with E-state index in [1.165, 1.54) is 19.3 Å². The van der Waals surface area contributed by atoms with Crippen LogP contribution in [0, 0.1) is 0 Å². The number of nitrogens with zero attached hydrogens (tertiary/aromatic N) is 2. The number of likely N-dealkylation sites (tertiary alicyclic amines) is 1. The van der Waals surface area contributed by atoms with Crippen LogP contribution in [0.2, 0.25) is 0 Å². The molecule has 1 saturated heterocycles. The summed E-state index contributed by atoms with van der Waals surface area (Å²) >= 11 is 0. The molecule has 1 aromatic carbocycles. The molecule has 0 aliphatic carbocycles. The predicted molar refractivity (Wildman–Crippen MR) is 79.8 cm³/mol. The van der Waals surface area contributed by atoms with Crippen molar-refractivity contribution in [3.05, 3.63) is 28.7 Å². The standard InChI is InChI=1S/C15H21N3O2/c1-17-8-3-2-4-12(17)7-9-18-13-6-5-11(16)10-14(13)20-15(18)19/h5-6,10,12H,2-4,7-9,16H2,1H3. The maximum atomic E-state index is 11.9. The van der Waals surface area contributed by atoms with E-state index >= 15 is 0 Å². The summed E-state index contributed by atoms with van der Waals surface area (Å²) < 4.78 is 6.98. The molecule has 1 fully saturated rings. The molecular weight excluding hydrogens is 254 g/mol. The van der Waals surface area contributed by atoms with E-state index in [0.29, 0.717) is 23.9 Å². The van der Waals surface area contributed by atoms with Gasteiger partial charge in [-0.05, 0) is 45.0 Å². The van der Waals surface area contributed by atoms with Gasteiger partial charge in [0.15, 0.2) is 5.58 Å². The third-order valence-corrected chi connectivity index (χ3v) is 4.30. The number of oxazole rings is 1. The molecule has 0 bridgehead atoms. The fourth-order valence-corrected chi connectivity index (χ4v) is 3.08. The van der Waals surface area contributed by atoms with Crippen LogP contribution in [0.5, 0.6) is 0 Å². The van der Waals surface area contributed by atoms with Crippen molar-refractivity contribution in [1.82, 2.24) is 9.47 Å². The maximum Gasteiger partial charge on any atom is 0.419 e. The Kier molecular flexibility index (Phi) is 3.53. The van der Waals surface area contributed by atoms with Gasteiger partial charge in [0.25, 0.3) is 0 Å². The zero-order valence-electron chi connectivity index (χ0n) is 11.8. The monoisotopic (exact) mass is 275 g/mol. The topological polar surface area (TPSA) is 64.4 Å². The number of aromatic nitrogens is 1. The van der Waals surface area contributed by atoms with Gasteiger partial charge in [-0.2, -0.15) is 0 Å². The summed E-state index contributed by atoms with van der Waals surface area (Å²) in [5.74, 6) is -0.288. The minimum absolute atomic E-state index is 0.288. The van der Waals surface area contributed by atoms with Crippen molar-refractivity contribution < 1.29 is 4.42 Å². The molecule has 1 atom stereocenters. The Hall–Kier alpha value is -1.75. The zero-order valence-corrected chi connectivity index (χ0v) is 11.8. The van der Waals surface area contributed by atoms with Crippen molar-refractivity contribution in [1.29, 1.82) is 0 Å². The normalized spacial score (nSPS) is 20.6. The van der Waals surface area contributed by atoms with Crippen molar-refractivity contribution >= 4 is 16.8 Å². The Labute approximate surface area is 118 Å². The number of hydrogen-bond acceptors (Lipinski definition) is 4. The lowest BCUT2D eigenvalue weighted by molar-refractivity contribution is 0.170. The second kappa shape index (κ2) is 5.32. The summed E-state index contributed by atoms with van der Waals surface area (Å²) in [6.45, 7) is 1.85. The molecule has 5 heteroatoms. The predicted octanol–water partition coefficient (Wildman–Crippen LogP) is 2.05. The number of nitrogens with two attached hydrogens (primary N) is 1. The average molecular weight is 275 g/mol. The summed E-state index contributed by atoms with van der Waals surface area (Å²) in [5.41, 5.74) is 7.74. The highest BCUT2D eigenvalue weighted by atomic mass is 16.4. The van der Waals surface area contributed by atoms with Crippen LogP contribution in [-0.2, 0) is 6.54 Å². The smallest absolute Gasteiger partial charge is 0.408 e. The molecule has 1 aromatic heterocycles. The number of piperidine rings is 1. The highest BCUT2D eigenvalue weighted by molar-refractivity contribution is 5.76. The van der Waals surface area contributed by atoms with E-state index in [9.17, 15) is 4.79 Å². The average Bonchev–Trinajstić information content (AvgIpc) is 2.73. The molecule has 0 saturated carbocycles. The summed E-state index contributed by atoms with van der Waals surface area (Å²) in [6.07, 6.45) is 4.76. The minimum atomic E-state index is -0.288. The summed E-state index contributed by atoms with van der Waals surface area (Å²) in [5, 5.41) is 0. The molecule has 5 nitrogen and oxygen atoms in total. The van der Waals surface area contributed by atoms with E-state index in [0.717, 1.165) is 18.5 Å². The lowest BCUT2D eigenvalue weighted by Crippen LogP contribution is -2.37. The second-order valence-electron chi connectivity index (χ2n) is 5.67. The molecule has 0 amide bonds. The van der Waals surface area contributed by atoms with Crippen LogP contribution in [0.4, 0.5) is 5.69 Å². The van der Waals surface area contributed by atoms with Crippen LogP contribution < -0.4 is 11.5 Å². The number of hydrogen-bond donors (Lipinski definition) is 1. The highest BCUT2D eigenvalue weighted by Crippen LogP contribution is 2.20. The first kappa shape index (κ1) is 13.2. The third kappa shape index (κ3) is 2.45. The molecule has 1 aliphatic heterocycles. The van der Waals surface area contributed by atoms with Crippen molar-refractivity contribution in [3.8, 4) is 0 Å². The van der Waals surface area contributed by atoms with Gasteiger partial charge >= 0.3 is 5.76 Å². The van der Waals surface area contributed by atoms with E-state index in [1.807, 2.05) is 6.07 Å². The fraction of sp³-hybridized carbons (Fsp3) is 0.533. The van der Waals surface area contributed by atoms with Gasteiger partial charge < -0.3 is 15.1 Å². The Morgan fingerprint density at radius 3 is 3.05 bits per heavy atom. The Bertz CT molecular complexity index is 659. The van der Waals surface area contributed by atoms with E-state index in [2.05, 4.69) is 11.9 Å². The van der Waals surface area contributed by atoms with Gasteiger partial charge in [0.2, 0.25) is 0 Å². The van der Waals surface area contributed by atoms with Crippen LogP contribution in [0.25, 0.3) is 11.1 Å². The van der Waals surface area contributed by atoms with E-state index in [4.69, 9.17) is 10.2 Å². The number of nitrogen functional groups attached to an aromatic ring is 1. The summed E-state index contributed by atoms with van der Waals surface area (Å²) in [4.78, 5) is 14.3. The molecule has 1 unspecified atom stereocenters. The molecule has 2 heterocycles. The lowest BCUT2D eigenvalue weighted by atomic mass is 10.0. The summed E-state index contributed by atoms with van der Waals surface area (Å²) in [7, 11) is 2.17. The minimum Gasteiger partial charge on any atom is -0.408 e. The summed E-state index contributed by atoms with van der Waals surface area (Å²) in [6, 6.07) is 5.94. The quantitative estimate of drug-likeness (QED) is 0.871. The van der Waals surface area contributed by atoms with Gasteiger partial charge in [-0.25, -0.2) is 4.79 Å². The Morgan fingerprint density at radius 1 is 1.40 bits per heavy atom. The van der Waals surface area contributed by atoms with Gasteiger partial charge in [0.1, 0.15) is 0 Å². The van der Waals surface area contributed by atoms with Crippen molar-refractivity contribution in [2.75, 3.05) is 19.3 Å². The van der Waals surface area contributed by atoms with Crippen molar-refractivity contribution in [2.45, 2.75) is 38.3 Å². The first-order chi connectivity index (χ1) is 9.65. The molecule has 3 rings (SSSR count). The van der Waals surface area contributed by atoms with E-state index in [1.54, 1.807) is 16.7 Å². The Morgan fingerprint density at radius 2 is 2.25 bits per heavy atom. The van der Waals surface area contributed by atoms with Gasteiger partial charge in [0.05, 0.1) is 5.52 Å². The van der Waals surface area contributed by atoms with E-state index < -0.39 is 0 Å². The number of benzene rings is 1. The molecule has 1 aliphatic rings. The molecule has 0 radical (unpaired) electrons. The molecule has 20 heavy (non-hydrogen) atoms. The van der Waals surface area contributed by atoms with Crippen LogP contribution in [-0.4, -0.2) is 29.1 Å². The van der Waals surface area contributed by atoms with Gasteiger partial charge in [0, 0.05) is 24.3 Å². The SMILES string of the molecule is CN1CCCCC1CCn1c(=O)oc2cc(N)ccc21. The number of rotatable bonds is 3. The molecule has 108 valence electrons. The van der Waals surface area contributed by atoms with Crippen LogP contribution >= 0.6 is 0 Å². The molecule has 0 spiro atoms. The lowest BCUT2D eigenvalue weighted by Gasteiger charge is -2.32. The van der Waals surface area contributed by atoms with E-state index in [-0.39, 0.29) is 5.76 Å². The number of aryl methyl sites for hydroxylation is 1. The van der Waals surface area contributed by atoms with Gasteiger partial charge in [-0.1, -0.05) is 6.42 Å². The molecule has 2 aromatic rings.